The van der Waals surface area contributed by atoms with Gasteiger partial charge in [0, 0.05) is 25.8 Å². The Morgan fingerprint density at radius 2 is 2.20 bits per heavy atom. The highest BCUT2D eigenvalue weighted by atomic mass is 16.2. The van der Waals surface area contributed by atoms with Crippen LogP contribution >= 0.6 is 0 Å². The van der Waals surface area contributed by atoms with Crippen LogP contribution in [-0.4, -0.2) is 35.4 Å². The van der Waals surface area contributed by atoms with Crippen LogP contribution in [-0.2, 0) is 0 Å². The van der Waals surface area contributed by atoms with Crippen molar-refractivity contribution in [1.29, 1.82) is 0 Å². The molecule has 0 aromatic carbocycles. The number of aromatic nitrogens is 1. The predicted octanol–water partition coefficient (Wildman–Crippen LogP) is 3.17. The Bertz CT molecular complexity index is 443. The van der Waals surface area contributed by atoms with Crippen molar-refractivity contribution in [3.8, 4) is 0 Å². The Morgan fingerprint density at radius 1 is 1.40 bits per heavy atom. The molecule has 1 aromatic rings. The van der Waals surface area contributed by atoms with Crippen LogP contribution in [0.25, 0.3) is 0 Å². The molecular weight excluding hydrogens is 250 g/mol. The fourth-order valence-electron chi connectivity index (χ4n) is 2.31. The van der Waals surface area contributed by atoms with E-state index in [1.807, 2.05) is 11.0 Å². The molecule has 1 heterocycles. The van der Waals surface area contributed by atoms with Gasteiger partial charge in [0.2, 0.25) is 0 Å². The standard InChI is InChI=1S/C16H25N3O/c1-3-8-18-15-11-17-9-7-14(15)16(20)19(10-4-2)12-13-5-6-13/h7,9,11,13,18H,3-6,8,10,12H2,1-2H3. The highest BCUT2D eigenvalue weighted by Crippen LogP contribution is 2.30. The second-order valence-corrected chi connectivity index (χ2v) is 5.54. The second-order valence-electron chi connectivity index (χ2n) is 5.54. The fraction of sp³-hybridized carbons (Fsp3) is 0.625. The van der Waals surface area contributed by atoms with Gasteiger partial charge in [0.25, 0.3) is 5.91 Å². The summed E-state index contributed by atoms with van der Waals surface area (Å²) in [5.41, 5.74) is 1.61. The van der Waals surface area contributed by atoms with Crippen molar-refractivity contribution in [3.05, 3.63) is 24.0 Å². The maximum atomic E-state index is 12.7. The normalized spacial score (nSPS) is 14.1. The third-order valence-electron chi connectivity index (χ3n) is 3.57. The molecule has 1 saturated carbocycles. The summed E-state index contributed by atoms with van der Waals surface area (Å²) in [6.07, 6.45) is 8.02. The van der Waals surface area contributed by atoms with Crippen molar-refractivity contribution in [2.24, 2.45) is 5.92 Å². The van der Waals surface area contributed by atoms with Gasteiger partial charge < -0.3 is 10.2 Å². The van der Waals surface area contributed by atoms with Crippen LogP contribution in [0.15, 0.2) is 18.5 Å². The van der Waals surface area contributed by atoms with E-state index >= 15 is 0 Å². The van der Waals surface area contributed by atoms with Gasteiger partial charge in [0.15, 0.2) is 0 Å². The molecule has 1 amide bonds. The van der Waals surface area contributed by atoms with Gasteiger partial charge >= 0.3 is 0 Å². The first-order chi connectivity index (χ1) is 9.76. The lowest BCUT2D eigenvalue weighted by atomic mass is 10.1. The lowest BCUT2D eigenvalue weighted by molar-refractivity contribution is 0.0748. The topological polar surface area (TPSA) is 45.2 Å². The van der Waals surface area contributed by atoms with Gasteiger partial charge in [0.1, 0.15) is 0 Å². The lowest BCUT2D eigenvalue weighted by Crippen LogP contribution is -2.34. The minimum absolute atomic E-state index is 0.139. The molecule has 1 aliphatic rings. The summed E-state index contributed by atoms with van der Waals surface area (Å²) in [4.78, 5) is 18.9. The van der Waals surface area contributed by atoms with Crippen molar-refractivity contribution in [2.75, 3.05) is 25.0 Å². The number of hydrogen-bond acceptors (Lipinski definition) is 3. The van der Waals surface area contributed by atoms with Crippen LogP contribution in [0, 0.1) is 5.92 Å². The minimum Gasteiger partial charge on any atom is -0.383 e. The summed E-state index contributed by atoms with van der Waals surface area (Å²) < 4.78 is 0. The molecule has 4 heteroatoms. The van der Waals surface area contributed by atoms with Gasteiger partial charge in [-0.2, -0.15) is 0 Å². The van der Waals surface area contributed by atoms with E-state index in [2.05, 4.69) is 24.1 Å². The van der Waals surface area contributed by atoms with Crippen LogP contribution in [0.4, 0.5) is 5.69 Å². The van der Waals surface area contributed by atoms with E-state index in [1.54, 1.807) is 12.4 Å². The van der Waals surface area contributed by atoms with E-state index < -0.39 is 0 Å². The summed E-state index contributed by atoms with van der Waals surface area (Å²) in [5.74, 6) is 0.860. The number of nitrogens with zero attached hydrogens (tertiary/aromatic N) is 2. The molecule has 1 aromatic heterocycles. The molecule has 0 bridgehead atoms. The SMILES string of the molecule is CCCNc1cnccc1C(=O)N(CCC)CC1CC1. The molecule has 0 saturated heterocycles. The van der Waals surface area contributed by atoms with E-state index in [-0.39, 0.29) is 5.91 Å². The molecule has 2 rings (SSSR count). The smallest absolute Gasteiger partial charge is 0.256 e. The third kappa shape index (κ3) is 3.95. The molecule has 1 aliphatic carbocycles. The molecule has 0 unspecified atom stereocenters. The monoisotopic (exact) mass is 275 g/mol. The van der Waals surface area contributed by atoms with Gasteiger partial charge in [-0.1, -0.05) is 13.8 Å². The number of carbonyl (C=O) groups excluding carboxylic acids is 1. The highest BCUT2D eigenvalue weighted by molar-refractivity contribution is 5.99. The van der Waals surface area contributed by atoms with Gasteiger partial charge in [-0.15, -0.1) is 0 Å². The quantitative estimate of drug-likeness (QED) is 0.792. The van der Waals surface area contributed by atoms with Crippen LogP contribution in [0.1, 0.15) is 49.9 Å². The van der Waals surface area contributed by atoms with E-state index in [0.29, 0.717) is 0 Å². The summed E-state index contributed by atoms with van der Waals surface area (Å²) in [7, 11) is 0. The van der Waals surface area contributed by atoms with Crippen LogP contribution in [0.3, 0.4) is 0 Å². The number of hydrogen-bond donors (Lipinski definition) is 1. The molecule has 1 fully saturated rings. The maximum absolute atomic E-state index is 12.7. The largest absolute Gasteiger partial charge is 0.383 e. The molecule has 0 aliphatic heterocycles. The summed E-state index contributed by atoms with van der Waals surface area (Å²) in [5, 5.41) is 3.30. The van der Waals surface area contributed by atoms with Crippen molar-refractivity contribution < 1.29 is 4.79 Å². The molecule has 20 heavy (non-hydrogen) atoms. The average Bonchev–Trinajstić information content (AvgIpc) is 3.28. The average molecular weight is 275 g/mol. The van der Waals surface area contributed by atoms with Gasteiger partial charge in [0.05, 0.1) is 17.4 Å². The van der Waals surface area contributed by atoms with E-state index in [1.165, 1.54) is 12.8 Å². The number of amides is 1. The molecule has 4 nitrogen and oxygen atoms in total. The van der Waals surface area contributed by atoms with Crippen molar-refractivity contribution in [2.45, 2.75) is 39.5 Å². The van der Waals surface area contributed by atoms with E-state index in [9.17, 15) is 4.79 Å². The second kappa shape index (κ2) is 7.27. The Hall–Kier alpha value is -1.58. The number of carbonyl (C=O) groups is 1. The van der Waals surface area contributed by atoms with Gasteiger partial charge in [-0.3, -0.25) is 9.78 Å². The van der Waals surface area contributed by atoms with E-state index in [0.717, 1.165) is 49.6 Å². The zero-order valence-electron chi connectivity index (χ0n) is 12.6. The first-order valence-electron chi connectivity index (χ1n) is 7.73. The van der Waals surface area contributed by atoms with Crippen LogP contribution < -0.4 is 5.32 Å². The lowest BCUT2D eigenvalue weighted by Gasteiger charge is -2.23. The molecule has 0 spiro atoms. The highest BCUT2D eigenvalue weighted by Gasteiger charge is 2.27. The summed E-state index contributed by atoms with van der Waals surface area (Å²) in [6.45, 7) is 6.84. The molecular formula is C16H25N3O. The molecule has 0 atom stereocenters. The zero-order valence-corrected chi connectivity index (χ0v) is 12.6. The van der Waals surface area contributed by atoms with Crippen LogP contribution in [0.2, 0.25) is 0 Å². The molecule has 0 radical (unpaired) electrons. The number of nitrogens with one attached hydrogen (secondary N) is 1. The molecule has 110 valence electrons. The van der Waals surface area contributed by atoms with Crippen molar-refractivity contribution >= 4 is 11.6 Å². The Labute approximate surface area is 121 Å². The predicted molar refractivity (Wildman–Crippen MR) is 81.9 cm³/mol. The Kier molecular flexibility index (Phi) is 5.39. The van der Waals surface area contributed by atoms with Crippen molar-refractivity contribution in [3.63, 3.8) is 0 Å². The number of pyridine rings is 1. The summed E-state index contributed by atoms with van der Waals surface area (Å²) >= 11 is 0. The number of rotatable bonds is 8. The Balaban J connectivity index is 2.12. The zero-order chi connectivity index (χ0) is 14.4. The third-order valence-corrected chi connectivity index (χ3v) is 3.57. The fourth-order valence-corrected chi connectivity index (χ4v) is 2.31. The first kappa shape index (κ1) is 14.8. The van der Waals surface area contributed by atoms with Gasteiger partial charge in [-0.25, -0.2) is 0 Å². The first-order valence-corrected chi connectivity index (χ1v) is 7.73. The molecule has 1 N–H and O–H groups in total. The van der Waals surface area contributed by atoms with Crippen molar-refractivity contribution in [1.82, 2.24) is 9.88 Å². The Morgan fingerprint density at radius 3 is 2.85 bits per heavy atom. The van der Waals surface area contributed by atoms with E-state index in [4.69, 9.17) is 0 Å². The van der Waals surface area contributed by atoms with Crippen LogP contribution in [0.5, 0.6) is 0 Å². The maximum Gasteiger partial charge on any atom is 0.256 e. The minimum atomic E-state index is 0.139. The van der Waals surface area contributed by atoms with Gasteiger partial charge in [-0.05, 0) is 37.7 Å². The number of anilines is 1. The summed E-state index contributed by atoms with van der Waals surface area (Å²) in [6, 6.07) is 1.83.